The van der Waals surface area contributed by atoms with Crippen LogP contribution < -0.4 is 14.4 Å². The van der Waals surface area contributed by atoms with Gasteiger partial charge in [-0.1, -0.05) is 54.6 Å². The molecule has 1 aliphatic carbocycles. The predicted octanol–water partition coefficient (Wildman–Crippen LogP) is 7.42. The highest BCUT2D eigenvalue weighted by Gasteiger charge is 2.30. The Morgan fingerprint density at radius 2 is 1.51 bits per heavy atom. The summed E-state index contributed by atoms with van der Waals surface area (Å²) in [4.78, 5) is 53.6. The second-order valence-electron chi connectivity index (χ2n) is 13.7. The molecule has 0 bridgehead atoms. The number of anilines is 1. The number of ether oxygens (including phenoxy) is 4. The van der Waals surface area contributed by atoms with E-state index in [2.05, 4.69) is 0 Å². The van der Waals surface area contributed by atoms with Crippen molar-refractivity contribution in [3.05, 3.63) is 124 Å². The van der Waals surface area contributed by atoms with Gasteiger partial charge in [-0.2, -0.15) is 0 Å². The zero-order valence-corrected chi connectivity index (χ0v) is 29.9. The third kappa shape index (κ3) is 9.63. The van der Waals surface area contributed by atoms with E-state index < -0.39 is 17.3 Å². The molecule has 0 radical (unpaired) electrons. The van der Waals surface area contributed by atoms with Crippen molar-refractivity contribution in [3.8, 4) is 11.5 Å². The molecule has 5 rings (SSSR count). The highest BCUT2D eigenvalue weighted by Crippen LogP contribution is 2.40. The van der Waals surface area contributed by atoms with Crippen molar-refractivity contribution in [1.82, 2.24) is 0 Å². The number of esters is 3. The van der Waals surface area contributed by atoms with Crippen molar-refractivity contribution in [3.63, 3.8) is 0 Å². The Labute approximate surface area is 299 Å². The molecule has 1 amide bonds. The van der Waals surface area contributed by atoms with Gasteiger partial charge in [0.05, 0.1) is 31.2 Å². The van der Waals surface area contributed by atoms with Crippen molar-refractivity contribution in [2.24, 2.45) is 5.41 Å². The van der Waals surface area contributed by atoms with Crippen LogP contribution in [-0.2, 0) is 49.7 Å². The monoisotopic (exact) mass is 691 g/mol. The van der Waals surface area contributed by atoms with Crippen molar-refractivity contribution >= 4 is 29.5 Å². The van der Waals surface area contributed by atoms with E-state index in [0.29, 0.717) is 34.7 Å². The van der Waals surface area contributed by atoms with Crippen LogP contribution >= 0.6 is 0 Å². The van der Waals surface area contributed by atoms with E-state index in [4.69, 9.17) is 18.9 Å². The van der Waals surface area contributed by atoms with Crippen LogP contribution in [0.5, 0.6) is 11.5 Å². The SMILES string of the molecule is CCOC(=O)CN(C(=O)c1ccc(CC(=O)OCc2ccccc2)cc1)c1cc(OC)ccc1[C@@H]1CCc2cc(OC(=O)C(C)(C)C)ccc2C1. The highest BCUT2D eigenvalue weighted by atomic mass is 16.5. The van der Waals surface area contributed by atoms with Gasteiger partial charge in [-0.05, 0) is 111 Å². The molecule has 1 aliphatic rings. The Balaban J connectivity index is 1.38. The number of hydrogen-bond donors (Lipinski definition) is 0. The van der Waals surface area contributed by atoms with Crippen LogP contribution in [0.15, 0.2) is 91.0 Å². The minimum atomic E-state index is -0.614. The molecule has 0 aromatic heterocycles. The van der Waals surface area contributed by atoms with Crippen LogP contribution in [0.3, 0.4) is 0 Å². The Bertz CT molecular complexity index is 1860. The summed E-state index contributed by atoms with van der Waals surface area (Å²) in [5.74, 6) is -0.496. The molecular weight excluding hydrogens is 646 g/mol. The van der Waals surface area contributed by atoms with Gasteiger partial charge in [0.1, 0.15) is 24.7 Å². The minimum absolute atomic E-state index is 0.0307. The van der Waals surface area contributed by atoms with Crippen LogP contribution in [0.4, 0.5) is 5.69 Å². The summed E-state index contributed by atoms with van der Waals surface area (Å²) in [5, 5.41) is 0. The summed E-state index contributed by atoms with van der Waals surface area (Å²) in [6.45, 7) is 7.25. The maximum atomic E-state index is 14.3. The average Bonchev–Trinajstić information content (AvgIpc) is 3.12. The Morgan fingerprint density at radius 1 is 0.784 bits per heavy atom. The quantitative estimate of drug-likeness (QED) is 0.112. The number of fused-ring (bicyclic) bond motifs is 1. The Hall–Kier alpha value is -5.44. The fourth-order valence-electron chi connectivity index (χ4n) is 6.03. The molecule has 0 aliphatic heterocycles. The van der Waals surface area contributed by atoms with E-state index in [9.17, 15) is 19.2 Å². The summed E-state index contributed by atoms with van der Waals surface area (Å²) in [5.41, 5.74) is 5.04. The molecular formula is C42H45NO8. The maximum absolute atomic E-state index is 14.3. The smallest absolute Gasteiger partial charge is 0.326 e. The summed E-state index contributed by atoms with van der Waals surface area (Å²) in [7, 11) is 1.56. The van der Waals surface area contributed by atoms with E-state index in [1.165, 1.54) is 4.90 Å². The number of amides is 1. The van der Waals surface area contributed by atoms with Gasteiger partial charge in [0.2, 0.25) is 0 Å². The van der Waals surface area contributed by atoms with Gasteiger partial charge in [0, 0.05) is 11.6 Å². The van der Waals surface area contributed by atoms with Gasteiger partial charge in [-0.25, -0.2) is 0 Å². The summed E-state index contributed by atoms with van der Waals surface area (Å²) in [6, 6.07) is 27.6. The number of carbonyl (C=O) groups is 4. The maximum Gasteiger partial charge on any atom is 0.326 e. The van der Waals surface area contributed by atoms with E-state index in [-0.39, 0.29) is 44.0 Å². The number of aryl methyl sites for hydroxylation is 1. The molecule has 1 atom stereocenters. The minimum Gasteiger partial charge on any atom is -0.497 e. The second-order valence-corrected chi connectivity index (χ2v) is 13.7. The van der Waals surface area contributed by atoms with Crippen molar-refractivity contribution in [1.29, 1.82) is 0 Å². The summed E-state index contributed by atoms with van der Waals surface area (Å²) in [6.07, 6.45) is 2.27. The van der Waals surface area contributed by atoms with E-state index in [1.807, 2.05) is 81.4 Å². The number of rotatable bonds is 12. The topological polar surface area (TPSA) is 108 Å². The first-order valence-electron chi connectivity index (χ1n) is 17.2. The van der Waals surface area contributed by atoms with Gasteiger partial charge in [-0.15, -0.1) is 0 Å². The molecule has 0 spiro atoms. The largest absolute Gasteiger partial charge is 0.497 e. The fourth-order valence-corrected chi connectivity index (χ4v) is 6.03. The lowest BCUT2D eigenvalue weighted by Gasteiger charge is -2.31. The molecule has 51 heavy (non-hydrogen) atoms. The highest BCUT2D eigenvalue weighted by molar-refractivity contribution is 6.09. The van der Waals surface area contributed by atoms with E-state index in [1.54, 1.807) is 44.4 Å². The van der Waals surface area contributed by atoms with Gasteiger partial charge < -0.3 is 18.9 Å². The molecule has 0 fully saturated rings. The average molecular weight is 692 g/mol. The normalized spacial score (nSPS) is 13.8. The predicted molar refractivity (Wildman–Crippen MR) is 194 cm³/mol. The van der Waals surface area contributed by atoms with Crippen molar-refractivity contribution in [2.45, 2.75) is 65.9 Å². The number of methoxy groups -OCH3 is 1. The van der Waals surface area contributed by atoms with Crippen LogP contribution in [0.1, 0.15) is 78.2 Å². The Kier molecular flexibility index (Phi) is 11.9. The van der Waals surface area contributed by atoms with Crippen LogP contribution in [-0.4, -0.2) is 44.1 Å². The molecule has 266 valence electrons. The molecule has 4 aromatic rings. The summed E-state index contributed by atoms with van der Waals surface area (Å²) < 4.78 is 21.9. The lowest BCUT2D eigenvalue weighted by molar-refractivity contribution is -0.144. The lowest BCUT2D eigenvalue weighted by atomic mass is 9.79. The number of hydrogen-bond acceptors (Lipinski definition) is 8. The van der Waals surface area contributed by atoms with Crippen molar-refractivity contribution in [2.75, 3.05) is 25.2 Å². The first-order chi connectivity index (χ1) is 24.4. The molecule has 0 N–H and O–H groups in total. The van der Waals surface area contributed by atoms with Gasteiger partial charge in [0.15, 0.2) is 0 Å². The molecule has 0 unspecified atom stereocenters. The standard InChI is InChI=1S/C42H45NO8/c1-6-49-39(45)26-43(40(46)30-14-12-28(13-15-30)22-38(44)50-27-29-10-8-7-9-11-29)37-25-34(48-5)20-21-36(37)33-17-16-32-24-35(19-18-31(32)23-33)51-41(47)42(2,3)4/h7-15,18-21,24-25,33H,6,16-17,22-23,26-27H2,1-5H3/t33-/m1/s1. The summed E-state index contributed by atoms with van der Waals surface area (Å²) >= 11 is 0. The lowest BCUT2D eigenvalue weighted by Crippen LogP contribution is -2.37. The molecule has 0 heterocycles. The van der Waals surface area contributed by atoms with E-state index in [0.717, 1.165) is 35.1 Å². The molecule has 0 saturated heterocycles. The van der Waals surface area contributed by atoms with Crippen LogP contribution in [0, 0.1) is 5.41 Å². The number of benzene rings is 4. The first kappa shape index (κ1) is 36.8. The van der Waals surface area contributed by atoms with Crippen molar-refractivity contribution < 1.29 is 38.1 Å². The van der Waals surface area contributed by atoms with Crippen LogP contribution in [0.25, 0.3) is 0 Å². The number of nitrogens with zero attached hydrogens (tertiary/aromatic N) is 1. The zero-order chi connectivity index (χ0) is 36.5. The fraction of sp³-hybridized carbons (Fsp3) is 0.333. The molecule has 0 saturated carbocycles. The van der Waals surface area contributed by atoms with Gasteiger partial charge in [0.25, 0.3) is 5.91 Å². The number of carbonyl (C=O) groups excluding carboxylic acids is 4. The second kappa shape index (κ2) is 16.5. The molecule has 9 heteroatoms. The van der Waals surface area contributed by atoms with Crippen LogP contribution in [0.2, 0.25) is 0 Å². The Morgan fingerprint density at radius 3 is 2.20 bits per heavy atom. The van der Waals surface area contributed by atoms with Gasteiger partial charge in [-0.3, -0.25) is 24.1 Å². The zero-order valence-electron chi connectivity index (χ0n) is 29.9. The third-order valence-electron chi connectivity index (χ3n) is 8.83. The van der Waals surface area contributed by atoms with Gasteiger partial charge >= 0.3 is 17.9 Å². The van der Waals surface area contributed by atoms with E-state index >= 15 is 0 Å². The molecule has 9 nitrogen and oxygen atoms in total. The third-order valence-corrected chi connectivity index (χ3v) is 8.83. The molecule has 4 aromatic carbocycles. The first-order valence-corrected chi connectivity index (χ1v) is 17.2.